The summed E-state index contributed by atoms with van der Waals surface area (Å²) in [5.74, 6) is 1.66. The van der Waals surface area contributed by atoms with Crippen molar-refractivity contribution in [1.29, 1.82) is 0 Å². The Bertz CT molecular complexity index is 137. The van der Waals surface area contributed by atoms with Crippen molar-refractivity contribution >= 4 is 0 Å². The third-order valence-corrected chi connectivity index (χ3v) is 3.08. The second kappa shape index (κ2) is 4.94. The quantitative estimate of drug-likeness (QED) is 0.656. The highest BCUT2D eigenvalue weighted by atomic mass is 19.1. The summed E-state index contributed by atoms with van der Waals surface area (Å²) >= 11 is 0. The zero-order valence-electron chi connectivity index (χ0n) is 9.09. The predicted octanol–water partition coefficient (Wildman–Crippen LogP) is 2.71. The van der Waals surface area contributed by atoms with E-state index in [-0.39, 0.29) is 0 Å². The molecule has 0 bridgehead atoms. The molecular weight excluding hydrogens is 165 g/mol. The topological polar surface area (TPSA) is 3.24 Å². The Labute approximate surface area is 81.3 Å². The third-order valence-electron chi connectivity index (χ3n) is 3.08. The van der Waals surface area contributed by atoms with Crippen LogP contribution in [0.1, 0.15) is 33.6 Å². The van der Waals surface area contributed by atoms with E-state index in [1.54, 1.807) is 6.92 Å². The number of likely N-dealkylation sites (tertiary alicyclic amines) is 1. The number of alkyl halides is 1. The maximum atomic E-state index is 12.7. The fourth-order valence-electron chi connectivity index (χ4n) is 2.16. The summed E-state index contributed by atoms with van der Waals surface area (Å²) in [5, 5.41) is 0. The van der Waals surface area contributed by atoms with E-state index >= 15 is 0 Å². The van der Waals surface area contributed by atoms with Crippen molar-refractivity contribution < 1.29 is 4.39 Å². The van der Waals surface area contributed by atoms with Crippen molar-refractivity contribution in [1.82, 2.24) is 4.90 Å². The summed E-state index contributed by atoms with van der Waals surface area (Å²) in [6, 6.07) is 0. The third kappa shape index (κ3) is 3.63. The second-order valence-corrected chi connectivity index (χ2v) is 4.66. The first kappa shape index (κ1) is 11.0. The van der Waals surface area contributed by atoms with Crippen LogP contribution in [0.5, 0.6) is 0 Å². The molecule has 78 valence electrons. The largest absolute Gasteiger partial charge is 0.300 e. The van der Waals surface area contributed by atoms with Gasteiger partial charge in [-0.2, -0.15) is 0 Å². The van der Waals surface area contributed by atoms with Crippen LogP contribution in [0.4, 0.5) is 4.39 Å². The molecule has 1 aliphatic rings. The van der Waals surface area contributed by atoms with Gasteiger partial charge in [-0.25, -0.2) is 4.39 Å². The number of nitrogens with zero attached hydrogens (tertiary/aromatic N) is 1. The molecule has 0 aromatic rings. The lowest BCUT2D eigenvalue weighted by atomic mass is 9.87. The molecule has 1 unspecified atom stereocenters. The molecule has 1 rings (SSSR count). The van der Waals surface area contributed by atoms with Crippen LogP contribution in [0.15, 0.2) is 0 Å². The first-order valence-electron chi connectivity index (χ1n) is 5.46. The van der Waals surface area contributed by atoms with E-state index in [1.165, 1.54) is 12.8 Å². The van der Waals surface area contributed by atoms with Crippen molar-refractivity contribution in [2.45, 2.75) is 39.8 Å². The first-order valence-corrected chi connectivity index (χ1v) is 5.46. The standard InChI is InChI=1S/C11H22FN/c1-9(2)11-4-6-13(7-5-11)8-10(3)12/h9-11H,4-8H2,1-3H3. The SMILES string of the molecule is CC(F)CN1CCC(C(C)C)CC1. The molecule has 0 aliphatic carbocycles. The first-order chi connectivity index (χ1) is 6.09. The molecule has 0 aromatic carbocycles. The van der Waals surface area contributed by atoms with Gasteiger partial charge in [0, 0.05) is 6.54 Å². The summed E-state index contributed by atoms with van der Waals surface area (Å²) in [4.78, 5) is 2.25. The van der Waals surface area contributed by atoms with E-state index in [4.69, 9.17) is 0 Å². The molecule has 1 atom stereocenters. The zero-order valence-corrected chi connectivity index (χ0v) is 9.09. The number of hydrogen-bond acceptors (Lipinski definition) is 1. The lowest BCUT2D eigenvalue weighted by Gasteiger charge is -2.34. The van der Waals surface area contributed by atoms with Crippen molar-refractivity contribution in [3.8, 4) is 0 Å². The summed E-state index contributed by atoms with van der Waals surface area (Å²) in [7, 11) is 0. The van der Waals surface area contributed by atoms with Crippen LogP contribution in [-0.2, 0) is 0 Å². The van der Waals surface area contributed by atoms with Gasteiger partial charge in [0.25, 0.3) is 0 Å². The molecular formula is C11H22FN. The molecule has 0 amide bonds. The Morgan fingerprint density at radius 1 is 1.23 bits per heavy atom. The van der Waals surface area contributed by atoms with Crippen LogP contribution in [-0.4, -0.2) is 30.7 Å². The van der Waals surface area contributed by atoms with Crippen molar-refractivity contribution in [3.05, 3.63) is 0 Å². The molecule has 1 heterocycles. The molecule has 1 fully saturated rings. The van der Waals surface area contributed by atoms with E-state index in [9.17, 15) is 4.39 Å². The molecule has 0 radical (unpaired) electrons. The minimum atomic E-state index is -0.671. The highest BCUT2D eigenvalue weighted by Crippen LogP contribution is 2.24. The van der Waals surface area contributed by atoms with Crippen molar-refractivity contribution in [2.24, 2.45) is 11.8 Å². The van der Waals surface area contributed by atoms with Crippen LogP contribution >= 0.6 is 0 Å². The van der Waals surface area contributed by atoms with Crippen LogP contribution in [0.25, 0.3) is 0 Å². The summed E-state index contributed by atoms with van der Waals surface area (Å²) in [6.45, 7) is 9.05. The summed E-state index contributed by atoms with van der Waals surface area (Å²) in [6.07, 6.45) is 1.84. The van der Waals surface area contributed by atoms with E-state index in [0.29, 0.717) is 6.54 Å². The smallest absolute Gasteiger partial charge is 0.110 e. The van der Waals surface area contributed by atoms with E-state index in [2.05, 4.69) is 18.7 Å². The Kier molecular flexibility index (Phi) is 4.17. The van der Waals surface area contributed by atoms with Crippen LogP contribution in [0.3, 0.4) is 0 Å². The average Bonchev–Trinajstić information content (AvgIpc) is 2.04. The van der Waals surface area contributed by atoms with Gasteiger partial charge in [0.2, 0.25) is 0 Å². The van der Waals surface area contributed by atoms with E-state index < -0.39 is 6.17 Å². The van der Waals surface area contributed by atoms with Crippen molar-refractivity contribution in [2.75, 3.05) is 19.6 Å². The molecule has 0 spiro atoms. The number of halogens is 1. The maximum Gasteiger partial charge on any atom is 0.110 e. The molecule has 1 aliphatic heterocycles. The fourth-order valence-corrected chi connectivity index (χ4v) is 2.16. The van der Waals surface area contributed by atoms with Gasteiger partial charge in [0.1, 0.15) is 6.17 Å². The lowest BCUT2D eigenvalue weighted by molar-refractivity contribution is 0.129. The van der Waals surface area contributed by atoms with Crippen LogP contribution in [0.2, 0.25) is 0 Å². The van der Waals surface area contributed by atoms with Crippen molar-refractivity contribution in [3.63, 3.8) is 0 Å². The minimum absolute atomic E-state index is 0.630. The molecule has 1 saturated heterocycles. The Morgan fingerprint density at radius 2 is 1.77 bits per heavy atom. The van der Waals surface area contributed by atoms with Gasteiger partial charge in [-0.05, 0) is 44.7 Å². The summed E-state index contributed by atoms with van der Waals surface area (Å²) in [5.41, 5.74) is 0. The van der Waals surface area contributed by atoms with Crippen LogP contribution < -0.4 is 0 Å². The Morgan fingerprint density at radius 3 is 2.15 bits per heavy atom. The van der Waals surface area contributed by atoms with Crippen LogP contribution in [0, 0.1) is 11.8 Å². The predicted molar refractivity (Wildman–Crippen MR) is 54.6 cm³/mol. The van der Waals surface area contributed by atoms with Gasteiger partial charge in [-0.15, -0.1) is 0 Å². The van der Waals surface area contributed by atoms with Gasteiger partial charge in [-0.1, -0.05) is 13.8 Å². The van der Waals surface area contributed by atoms with E-state index in [0.717, 1.165) is 24.9 Å². The highest BCUT2D eigenvalue weighted by molar-refractivity contribution is 4.75. The molecule has 2 heteroatoms. The number of rotatable bonds is 3. The van der Waals surface area contributed by atoms with Gasteiger partial charge in [0.15, 0.2) is 0 Å². The Balaban J connectivity index is 2.22. The fraction of sp³-hybridized carbons (Fsp3) is 1.00. The molecule has 13 heavy (non-hydrogen) atoms. The van der Waals surface area contributed by atoms with E-state index in [1.807, 2.05) is 0 Å². The normalized spacial score (nSPS) is 23.8. The average molecular weight is 187 g/mol. The minimum Gasteiger partial charge on any atom is -0.300 e. The second-order valence-electron chi connectivity index (χ2n) is 4.66. The van der Waals surface area contributed by atoms with Gasteiger partial charge < -0.3 is 4.90 Å². The summed E-state index contributed by atoms with van der Waals surface area (Å²) < 4.78 is 12.7. The monoisotopic (exact) mass is 187 g/mol. The zero-order chi connectivity index (χ0) is 9.84. The number of hydrogen-bond donors (Lipinski definition) is 0. The van der Waals surface area contributed by atoms with Gasteiger partial charge in [-0.3, -0.25) is 0 Å². The molecule has 0 aromatic heterocycles. The number of piperidine rings is 1. The lowest BCUT2D eigenvalue weighted by Crippen LogP contribution is -2.38. The molecule has 1 nitrogen and oxygen atoms in total. The highest BCUT2D eigenvalue weighted by Gasteiger charge is 2.21. The van der Waals surface area contributed by atoms with Gasteiger partial charge in [0.05, 0.1) is 0 Å². The van der Waals surface area contributed by atoms with Gasteiger partial charge >= 0.3 is 0 Å². The maximum absolute atomic E-state index is 12.7. The Hall–Kier alpha value is -0.110. The molecule has 0 saturated carbocycles. The molecule has 0 N–H and O–H groups in total.